The molecule has 0 bridgehead atoms. The summed E-state index contributed by atoms with van der Waals surface area (Å²) in [6, 6.07) is 5.92. The number of carbonyl (C=O) groups excluding carboxylic acids is 1. The number of hydrogen-bond acceptors (Lipinski definition) is 2. The van der Waals surface area contributed by atoms with Crippen LogP contribution >= 0.6 is 0 Å². The summed E-state index contributed by atoms with van der Waals surface area (Å²) in [7, 11) is 1.85. The minimum atomic E-state index is 0.0350. The Kier molecular flexibility index (Phi) is 4.13. The van der Waals surface area contributed by atoms with Gasteiger partial charge in [0.2, 0.25) is 0 Å². The molecule has 1 aliphatic rings. The second-order valence-corrected chi connectivity index (χ2v) is 5.69. The summed E-state index contributed by atoms with van der Waals surface area (Å²) in [5.41, 5.74) is 3.10. The van der Waals surface area contributed by atoms with Crippen molar-refractivity contribution >= 4 is 11.6 Å². The average molecular weight is 260 g/mol. The van der Waals surface area contributed by atoms with Crippen molar-refractivity contribution in [3.63, 3.8) is 0 Å². The van der Waals surface area contributed by atoms with Crippen LogP contribution in [-0.4, -0.2) is 19.5 Å². The molecule has 0 spiro atoms. The molecular weight excluding hydrogens is 236 g/mol. The zero-order valence-electron chi connectivity index (χ0n) is 12.2. The van der Waals surface area contributed by atoms with Crippen molar-refractivity contribution in [3.8, 4) is 0 Å². The van der Waals surface area contributed by atoms with Crippen molar-refractivity contribution in [2.45, 2.75) is 39.5 Å². The van der Waals surface area contributed by atoms with Crippen molar-refractivity contribution < 1.29 is 4.79 Å². The number of carbonyl (C=O) groups is 1. The second kappa shape index (κ2) is 5.64. The van der Waals surface area contributed by atoms with E-state index >= 15 is 0 Å². The van der Waals surface area contributed by atoms with E-state index in [4.69, 9.17) is 0 Å². The Morgan fingerprint density at radius 3 is 2.63 bits per heavy atom. The van der Waals surface area contributed by atoms with Crippen molar-refractivity contribution in [2.75, 3.05) is 18.9 Å². The molecule has 19 heavy (non-hydrogen) atoms. The van der Waals surface area contributed by atoms with Gasteiger partial charge in [0.05, 0.1) is 5.56 Å². The summed E-state index contributed by atoms with van der Waals surface area (Å²) in [6.07, 6.45) is 4.95. The van der Waals surface area contributed by atoms with E-state index in [1.54, 1.807) is 0 Å². The lowest BCUT2D eigenvalue weighted by Gasteiger charge is -2.41. The summed E-state index contributed by atoms with van der Waals surface area (Å²) in [6.45, 7) is 5.03. The molecule has 2 rings (SSSR count). The van der Waals surface area contributed by atoms with Gasteiger partial charge in [-0.1, -0.05) is 25.0 Å². The predicted octanol–water partition coefficient (Wildman–Crippen LogP) is 3.35. The summed E-state index contributed by atoms with van der Waals surface area (Å²) >= 11 is 0. The molecule has 0 aromatic heterocycles. The van der Waals surface area contributed by atoms with Crippen LogP contribution in [0.25, 0.3) is 0 Å². The lowest BCUT2D eigenvalue weighted by Crippen LogP contribution is -2.41. The SMILES string of the molecule is CCC1(CNC(=O)c2cc(C)ccc2NC)CCC1. The first-order valence-corrected chi connectivity index (χ1v) is 7.17. The minimum Gasteiger partial charge on any atom is -0.387 e. The van der Waals surface area contributed by atoms with Crippen LogP contribution in [0.1, 0.15) is 48.5 Å². The van der Waals surface area contributed by atoms with Crippen LogP contribution in [-0.2, 0) is 0 Å². The summed E-state index contributed by atoms with van der Waals surface area (Å²) in [4.78, 5) is 12.3. The van der Waals surface area contributed by atoms with Crippen LogP contribution in [0, 0.1) is 12.3 Å². The Morgan fingerprint density at radius 2 is 2.11 bits per heavy atom. The Hall–Kier alpha value is -1.51. The van der Waals surface area contributed by atoms with Crippen molar-refractivity contribution in [2.24, 2.45) is 5.41 Å². The third-order valence-electron chi connectivity index (χ3n) is 4.48. The topological polar surface area (TPSA) is 41.1 Å². The van der Waals surface area contributed by atoms with E-state index in [0.717, 1.165) is 29.8 Å². The number of nitrogens with one attached hydrogen (secondary N) is 2. The molecule has 1 amide bonds. The zero-order valence-corrected chi connectivity index (χ0v) is 12.2. The summed E-state index contributed by atoms with van der Waals surface area (Å²) < 4.78 is 0. The molecule has 1 aliphatic carbocycles. The third kappa shape index (κ3) is 2.91. The largest absolute Gasteiger partial charge is 0.387 e. The molecule has 0 heterocycles. The molecule has 3 nitrogen and oxygen atoms in total. The van der Waals surface area contributed by atoms with Crippen molar-refractivity contribution in [1.82, 2.24) is 5.32 Å². The van der Waals surface area contributed by atoms with E-state index in [0.29, 0.717) is 5.41 Å². The number of aryl methyl sites for hydroxylation is 1. The highest BCUT2D eigenvalue weighted by Crippen LogP contribution is 2.43. The second-order valence-electron chi connectivity index (χ2n) is 5.69. The molecule has 1 fully saturated rings. The van der Waals surface area contributed by atoms with Crippen LogP contribution in [0.2, 0.25) is 0 Å². The smallest absolute Gasteiger partial charge is 0.253 e. The lowest BCUT2D eigenvalue weighted by atomic mass is 9.67. The van der Waals surface area contributed by atoms with Gasteiger partial charge in [0.15, 0.2) is 0 Å². The van der Waals surface area contributed by atoms with Gasteiger partial charge in [-0.15, -0.1) is 0 Å². The van der Waals surface area contributed by atoms with Gasteiger partial charge in [-0.2, -0.15) is 0 Å². The Balaban J connectivity index is 2.05. The standard InChI is InChI=1S/C16H24N2O/c1-4-16(8-5-9-16)11-18-15(19)13-10-12(2)6-7-14(13)17-3/h6-7,10,17H,4-5,8-9,11H2,1-3H3,(H,18,19). The average Bonchev–Trinajstić information content (AvgIpc) is 2.37. The third-order valence-corrected chi connectivity index (χ3v) is 4.48. The number of anilines is 1. The number of rotatable bonds is 5. The van der Waals surface area contributed by atoms with Gasteiger partial charge in [0.1, 0.15) is 0 Å². The number of hydrogen-bond donors (Lipinski definition) is 2. The quantitative estimate of drug-likeness (QED) is 0.852. The van der Waals surface area contributed by atoms with Crippen LogP contribution in [0.3, 0.4) is 0 Å². The van der Waals surface area contributed by atoms with E-state index in [2.05, 4.69) is 17.6 Å². The maximum absolute atomic E-state index is 12.3. The van der Waals surface area contributed by atoms with E-state index in [-0.39, 0.29) is 5.91 Å². The highest BCUT2D eigenvalue weighted by atomic mass is 16.1. The predicted molar refractivity (Wildman–Crippen MR) is 79.6 cm³/mol. The molecule has 1 saturated carbocycles. The van der Waals surface area contributed by atoms with Crippen LogP contribution in [0.15, 0.2) is 18.2 Å². The summed E-state index contributed by atoms with van der Waals surface area (Å²) in [5, 5.41) is 6.20. The first kappa shape index (κ1) is 13.9. The first-order chi connectivity index (χ1) is 9.10. The highest BCUT2D eigenvalue weighted by molar-refractivity contribution is 5.99. The minimum absolute atomic E-state index is 0.0350. The number of amides is 1. The van der Waals surface area contributed by atoms with Gasteiger partial charge in [0, 0.05) is 19.3 Å². The van der Waals surface area contributed by atoms with Gasteiger partial charge in [-0.25, -0.2) is 0 Å². The fraction of sp³-hybridized carbons (Fsp3) is 0.562. The molecule has 0 atom stereocenters. The van der Waals surface area contributed by atoms with E-state index < -0.39 is 0 Å². The lowest BCUT2D eigenvalue weighted by molar-refractivity contribution is 0.0850. The first-order valence-electron chi connectivity index (χ1n) is 7.17. The Morgan fingerprint density at radius 1 is 1.37 bits per heavy atom. The maximum Gasteiger partial charge on any atom is 0.253 e. The molecular formula is C16H24N2O. The van der Waals surface area contributed by atoms with Crippen LogP contribution < -0.4 is 10.6 Å². The van der Waals surface area contributed by atoms with Gasteiger partial charge in [-0.05, 0) is 43.7 Å². The fourth-order valence-electron chi connectivity index (χ4n) is 2.76. The number of benzene rings is 1. The van der Waals surface area contributed by atoms with E-state index in [1.807, 2.05) is 32.2 Å². The monoisotopic (exact) mass is 260 g/mol. The zero-order chi connectivity index (χ0) is 13.9. The van der Waals surface area contributed by atoms with Crippen LogP contribution in [0.5, 0.6) is 0 Å². The molecule has 0 saturated heterocycles. The Labute approximate surface area is 115 Å². The molecule has 1 aromatic rings. The highest BCUT2D eigenvalue weighted by Gasteiger charge is 2.35. The van der Waals surface area contributed by atoms with E-state index in [9.17, 15) is 4.79 Å². The van der Waals surface area contributed by atoms with Gasteiger partial charge >= 0.3 is 0 Å². The van der Waals surface area contributed by atoms with E-state index in [1.165, 1.54) is 19.3 Å². The molecule has 3 heteroatoms. The normalized spacial score (nSPS) is 16.6. The molecule has 2 N–H and O–H groups in total. The molecule has 1 aromatic carbocycles. The maximum atomic E-state index is 12.3. The Bertz CT molecular complexity index is 458. The van der Waals surface area contributed by atoms with Gasteiger partial charge < -0.3 is 10.6 Å². The van der Waals surface area contributed by atoms with Crippen molar-refractivity contribution in [1.29, 1.82) is 0 Å². The van der Waals surface area contributed by atoms with Crippen LogP contribution in [0.4, 0.5) is 5.69 Å². The molecule has 0 aliphatic heterocycles. The molecule has 0 unspecified atom stereocenters. The van der Waals surface area contributed by atoms with Gasteiger partial charge in [0.25, 0.3) is 5.91 Å². The molecule has 0 radical (unpaired) electrons. The molecule has 104 valence electrons. The summed E-state index contributed by atoms with van der Waals surface area (Å²) in [5.74, 6) is 0.0350. The van der Waals surface area contributed by atoms with Gasteiger partial charge in [-0.3, -0.25) is 4.79 Å². The fourth-order valence-corrected chi connectivity index (χ4v) is 2.76. The van der Waals surface area contributed by atoms with Crippen molar-refractivity contribution in [3.05, 3.63) is 29.3 Å².